The van der Waals surface area contributed by atoms with Gasteiger partial charge >= 0.3 is 0 Å². The van der Waals surface area contributed by atoms with Crippen LogP contribution in [0.3, 0.4) is 0 Å². The number of hydrogen-bond acceptors (Lipinski definition) is 4. The fraction of sp³-hybridized carbons (Fsp3) is 0.500. The Labute approximate surface area is 146 Å². The molecule has 1 unspecified atom stereocenters. The van der Waals surface area contributed by atoms with Crippen molar-refractivity contribution < 1.29 is 18.0 Å². The fourth-order valence-corrected chi connectivity index (χ4v) is 3.71. The van der Waals surface area contributed by atoms with Crippen LogP contribution in [-0.4, -0.2) is 50.0 Å². The summed E-state index contributed by atoms with van der Waals surface area (Å²) in [5.41, 5.74) is 0.116. The summed E-state index contributed by atoms with van der Waals surface area (Å²) in [6, 6.07) is 3.77. The highest BCUT2D eigenvalue weighted by Crippen LogP contribution is 2.27. The molecule has 1 aliphatic heterocycles. The van der Waals surface area contributed by atoms with E-state index < -0.39 is 21.8 Å². The molecule has 1 saturated carbocycles. The van der Waals surface area contributed by atoms with Crippen molar-refractivity contribution in [2.75, 3.05) is 12.8 Å². The maximum atomic E-state index is 12.8. The van der Waals surface area contributed by atoms with E-state index in [0.29, 0.717) is 13.0 Å². The Balaban J connectivity index is 1.86. The maximum Gasteiger partial charge on any atom is 0.256 e. The number of amides is 2. The Morgan fingerprint density at radius 2 is 1.96 bits per heavy atom. The lowest BCUT2D eigenvalue weighted by atomic mass is 10.1. The van der Waals surface area contributed by atoms with Crippen LogP contribution in [0.15, 0.2) is 23.1 Å². The number of hydrogen-bond donors (Lipinski definition) is 1. The van der Waals surface area contributed by atoms with Crippen LogP contribution in [0.2, 0.25) is 5.02 Å². The molecular formula is C16H19ClN2O4S. The Hall–Kier alpha value is -1.60. The molecule has 130 valence electrons. The zero-order valence-electron chi connectivity index (χ0n) is 13.3. The van der Waals surface area contributed by atoms with Gasteiger partial charge in [-0.3, -0.25) is 9.59 Å². The van der Waals surface area contributed by atoms with Gasteiger partial charge in [0.1, 0.15) is 6.04 Å². The van der Waals surface area contributed by atoms with E-state index in [4.69, 9.17) is 11.6 Å². The summed E-state index contributed by atoms with van der Waals surface area (Å²) in [4.78, 5) is 26.7. The van der Waals surface area contributed by atoms with Gasteiger partial charge in [-0.2, -0.15) is 0 Å². The minimum atomic E-state index is -3.45. The van der Waals surface area contributed by atoms with Gasteiger partial charge in [-0.1, -0.05) is 11.6 Å². The lowest BCUT2D eigenvalue weighted by Crippen LogP contribution is -2.46. The van der Waals surface area contributed by atoms with Crippen LogP contribution in [0.4, 0.5) is 0 Å². The van der Waals surface area contributed by atoms with E-state index in [1.807, 2.05) is 0 Å². The maximum absolute atomic E-state index is 12.8. The second-order valence-corrected chi connectivity index (χ2v) is 8.78. The first-order valence-electron chi connectivity index (χ1n) is 7.88. The zero-order valence-corrected chi connectivity index (χ0v) is 14.9. The lowest BCUT2D eigenvalue weighted by Gasteiger charge is -2.24. The third-order valence-corrected chi connectivity index (χ3v) is 5.78. The highest BCUT2D eigenvalue weighted by molar-refractivity contribution is 7.90. The lowest BCUT2D eigenvalue weighted by molar-refractivity contribution is -0.125. The van der Waals surface area contributed by atoms with Gasteiger partial charge in [-0.25, -0.2) is 8.42 Å². The summed E-state index contributed by atoms with van der Waals surface area (Å²) in [6.45, 7) is 0.459. The Bertz CT molecular complexity index is 789. The highest BCUT2D eigenvalue weighted by Gasteiger charge is 2.37. The van der Waals surface area contributed by atoms with Gasteiger partial charge in [-0.15, -0.1) is 0 Å². The van der Waals surface area contributed by atoms with Crippen LogP contribution in [0.1, 0.15) is 36.0 Å². The van der Waals surface area contributed by atoms with Crippen molar-refractivity contribution in [2.24, 2.45) is 0 Å². The third-order valence-electron chi connectivity index (χ3n) is 4.34. The van der Waals surface area contributed by atoms with Crippen molar-refractivity contribution in [3.63, 3.8) is 0 Å². The molecule has 0 bridgehead atoms. The molecule has 0 spiro atoms. The van der Waals surface area contributed by atoms with Crippen molar-refractivity contribution in [1.82, 2.24) is 10.2 Å². The average molecular weight is 371 g/mol. The molecule has 1 N–H and O–H groups in total. The largest absolute Gasteiger partial charge is 0.352 e. The fourth-order valence-electron chi connectivity index (χ4n) is 2.86. The van der Waals surface area contributed by atoms with Crippen molar-refractivity contribution >= 4 is 33.3 Å². The number of halogens is 1. The topological polar surface area (TPSA) is 83.6 Å². The van der Waals surface area contributed by atoms with Gasteiger partial charge in [0.2, 0.25) is 5.91 Å². The Morgan fingerprint density at radius 3 is 2.58 bits per heavy atom. The minimum absolute atomic E-state index is 0.0356. The first-order chi connectivity index (χ1) is 11.3. The van der Waals surface area contributed by atoms with E-state index in [1.54, 1.807) is 0 Å². The van der Waals surface area contributed by atoms with Crippen LogP contribution in [-0.2, 0) is 14.6 Å². The number of rotatable bonds is 4. The zero-order chi connectivity index (χ0) is 17.5. The molecule has 1 aliphatic carbocycles. The molecule has 0 radical (unpaired) electrons. The van der Waals surface area contributed by atoms with Crippen molar-refractivity contribution in [3.05, 3.63) is 28.8 Å². The summed E-state index contributed by atoms with van der Waals surface area (Å²) >= 11 is 6.10. The smallest absolute Gasteiger partial charge is 0.256 e. The second kappa shape index (κ2) is 6.37. The number of nitrogens with one attached hydrogen (secondary N) is 1. The number of carbonyl (C=O) groups is 2. The van der Waals surface area contributed by atoms with Crippen LogP contribution in [0.25, 0.3) is 0 Å². The van der Waals surface area contributed by atoms with Crippen molar-refractivity contribution in [2.45, 2.75) is 42.7 Å². The van der Waals surface area contributed by atoms with Gasteiger partial charge in [0.25, 0.3) is 5.91 Å². The molecule has 8 heteroatoms. The normalized spacial score (nSPS) is 20.9. The van der Waals surface area contributed by atoms with E-state index in [-0.39, 0.29) is 27.4 Å². The Kier molecular flexibility index (Phi) is 4.57. The highest BCUT2D eigenvalue weighted by atomic mass is 35.5. The second-order valence-electron chi connectivity index (χ2n) is 6.35. The quantitative estimate of drug-likeness (QED) is 0.873. The number of likely N-dealkylation sites (tertiary alicyclic amines) is 1. The number of sulfone groups is 1. The molecular weight excluding hydrogens is 352 g/mol. The number of nitrogens with zero attached hydrogens (tertiary/aromatic N) is 1. The molecule has 2 fully saturated rings. The molecule has 24 heavy (non-hydrogen) atoms. The van der Waals surface area contributed by atoms with E-state index in [1.165, 1.54) is 23.1 Å². The first kappa shape index (κ1) is 17.2. The molecule has 1 heterocycles. The first-order valence-corrected chi connectivity index (χ1v) is 10.2. The van der Waals surface area contributed by atoms with Crippen LogP contribution >= 0.6 is 11.6 Å². The standard InChI is InChI=1S/C16H19ClN2O4S/c1-24(22,23)11-6-7-13(17)12(9-11)16(21)19-8-2-3-14(19)15(20)18-10-4-5-10/h6-7,9-10,14H,2-5,8H2,1H3,(H,18,20). The van der Waals surface area contributed by atoms with Crippen LogP contribution < -0.4 is 5.32 Å². The summed E-state index contributed by atoms with van der Waals surface area (Å²) in [7, 11) is -3.45. The predicted molar refractivity (Wildman–Crippen MR) is 89.8 cm³/mol. The van der Waals surface area contributed by atoms with Gasteiger partial charge in [-0.05, 0) is 43.9 Å². The van der Waals surface area contributed by atoms with E-state index in [0.717, 1.165) is 25.5 Å². The summed E-state index contributed by atoms with van der Waals surface area (Å²) < 4.78 is 23.4. The van der Waals surface area contributed by atoms with Crippen LogP contribution in [0, 0.1) is 0 Å². The van der Waals surface area contributed by atoms with E-state index >= 15 is 0 Å². The number of benzene rings is 1. The third kappa shape index (κ3) is 3.57. The Morgan fingerprint density at radius 1 is 1.25 bits per heavy atom. The van der Waals surface area contributed by atoms with Gasteiger partial charge in [0.05, 0.1) is 15.5 Å². The molecule has 2 amide bonds. The SMILES string of the molecule is CS(=O)(=O)c1ccc(Cl)c(C(=O)N2CCCC2C(=O)NC2CC2)c1. The molecule has 3 rings (SSSR count). The summed E-state index contributed by atoms with van der Waals surface area (Å²) in [5, 5.41) is 3.10. The molecule has 1 aromatic carbocycles. The number of carbonyl (C=O) groups excluding carboxylic acids is 2. The van der Waals surface area contributed by atoms with Crippen LogP contribution in [0.5, 0.6) is 0 Å². The molecule has 1 saturated heterocycles. The van der Waals surface area contributed by atoms with Gasteiger partial charge < -0.3 is 10.2 Å². The monoisotopic (exact) mass is 370 g/mol. The average Bonchev–Trinajstić information content (AvgIpc) is 3.18. The molecule has 1 aromatic rings. The molecule has 2 aliphatic rings. The molecule has 0 aromatic heterocycles. The van der Waals surface area contributed by atoms with E-state index in [2.05, 4.69) is 5.32 Å². The molecule has 6 nitrogen and oxygen atoms in total. The predicted octanol–water partition coefficient (Wildman–Crippen LogP) is 1.63. The summed E-state index contributed by atoms with van der Waals surface area (Å²) in [6.07, 6.45) is 4.38. The summed E-state index contributed by atoms with van der Waals surface area (Å²) in [5.74, 6) is -0.544. The van der Waals surface area contributed by atoms with Gasteiger partial charge in [0.15, 0.2) is 9.84 Å². The van der Waals surface area contributed by atoms with Crippen molar-refractivity contribution in [1.29, 1.82) is 0 Å². The molecule has 1 atom stereocenters. The minimum Gasteiger partial charge on any atom is -0.352 e. The van der Waals surface area contributed by atoms with E-state index in [9.17, 15) is 18.0 Å². The van der Waals surface area contributed by atoms with Gasteiger partial charge in [0, 0.05) is 18.8 Å². The van der Waals surface area contributed by atoms with Crippen molar-refractivity contribution in [3.8, 4) is 0 Å².